The topological polar surface area (TPSA) is 78.4 Å². The van der Waals surface area contributed by atoms with Gasteiger partial charge in [0.25, 0.3) is 0 Å². The van der Waals surface area contributed by atoms with Crippen molar-refractivity contribution in [1.29, 1.82) is 0 Å². The van der Waals surface area contributed by atoms with Gasteiger partial charge in [-0.1, -0.05) is 19.8 Å². The van der Waals surface area contributed by atoms with Crippen LogP contribution in [0.1, 0.15) is 26.2 Å². The predicted octanol–water partition coefficient (Wildman–Crippen LogP) is 3.35. The number of amides is 2. The highest BCUT2D eigenvalue weighted by Gasteiger charge is 2.19. The molecule has 1 atom stereocenters. The van der Waals surface area contributed by atoms with E-state index in [2.05, 4.69) is 26.6 Å². The van der Waals surface area contributed by atoms with Crippen LogP contribution in [0.15, 0.2) is 22.7 Å². The second-order valence-electron chi connectivity index (χ2n) is 4.26. The van der Waals surface area contributed by atoms with Crippen LogP contribution in [0.5, 0.6) is 0 Å². The number of nitrogens with one attached hydrogen (secondary N) is 2. The number of carbonyl (C=O) groups is 2. The first-order chi connectivity index (χ1) is 9.43. The fourth-order valence-corrected chi connectivity index (χ4v) is 1.94. The molecule has 1 aromatic rings. The molecule has 0 heterocycles. The first-order valence-corrected chi connectivity index (χ1v) is 6.98. The number of carboxylic acids is 1. The third-order valence-electron chi connectivity index (χ3n) is 2.63. The summed E-state index contributed by atoms with van der Waals surface area (Å²) in [6, 6.07) is 2.43. The maximum absolute atomic E-state index is 13.0. The number of carbonyl (C=O) groups excluding carboxylic acids is 1. The Kier molecular flexibility index (Phi) is 6.44. The SMILES string of the molecule is CCCCC(NC(=O)Nc1ccc(F)c(Br)c1)C(=O)O. The lowest BCUT2D eigenvalue weighted by molar-refractivity contribution is -0.139. The Hall–Kier alpha value is -1.63. The van der Waals surface area contributed by atoms with Gasteiger partial charge in [-0.15, -0.1) is 0 Å². The Bertz CT molecular complexity index is 497. The molecule has 0 radical (unpaired) electrons. The lowest BCUT2D eigenvalue weighted by atomic mass is 10.1. The second-order valence-corrected chi connectivity index (χ2v) is 5.11. The van der Waals surface area contributed by atoms with E-state index in [4.69, 9.17) is 5.11 Å². The standard InChI is InChI=1S/C13H16BrFN2O3/c1-2-3-4-11(12(18)19)17-13(20)16-8-5-6-10(15)9(14)7-8/h5-7,11H,2-4H2,1H3,(H,18,19)(H2,16,17,20). The minimum atomic E-state index is -1.08. The van der Waals surface area contributed by atoms with Crippen molar-refractivity contribution in [2.75, 3.05) is 5.32 Å². The molecule has 0 fully saturated rings. The van der Waals surface area contributed by atoms with Crippen LogP contribution >= 0.6 is 15.9 Å². The molecule has 0 aliphatic heterocycles. The van der Waals surface area contributed by atoms with Gasteiger partial charge < -0.3 is 15.7 Å². The summed E-state index contributed by atoms with van der Waals surface area (Å²) < 4.78 is 13.3. The molecule has 0 spiro atoms. The maximum Gasteiger partial charge on any atom is 0.326 e. The molecule has 0 bridgehead atoms. The summed E-state index contributed by atoms with van der Waals surface area (Å²) in [5.74, 6) is -1.52. The van der Waals surface area contributed by atoms with Crippen LogP contribution in [0.25, 0.3) is 0 Å². The lowest BCUT2D eigenvalue weighted by Crippen LogP contribution is -2.42. The van der Waals surface area contributed by atoms with E-state index in [0.29, 0.717) is 18.5 Å². The van der Waals surface area contributed by atoms with Gasteiger partial charge in [-0.2, -0.15) is 0 Å². The summed E-state index contributed by atoms with van der Waals surface area (Å²) in [4.78, 5) is 22.7. The van der Waals surface area contributed by atoms with Gasteiger partial charge in [0.15, 0.2) is 0 Å². The zero-order valence-corrected chi connectivity index (χ0v) is 12.5. The van der Waals surface area contributed by atoms with Crippen LogP contribution in [-0.2, 0) is 4.79 Å². The van der Waals surface area contributed by atoms with Gasteiger partial charge in [-0.25, -0.2) is 14.0 Å². The van der Waals surface area contributed by atoms with Crippen LogP contribution in [0.2, 0.25) is 0 Å². The molecule has 3 N–H and O–H groups in total. The number of hydrogen-bond acceptors (Lipinski definition) is 2. The van der Waals surface area contributed by atoms with Gasteiger partial charge in [-0.3, -0.25) is 0 Å². The quantitative estimate of drug-likeness (QED) is 0.738. The molecule has 1 rings (SSSR count). The number of carboxylic acid groups (broad SMARTS) is 1. The molecule has 7 heteroatoms. The molecular formula is C13H16BrFN2O3. The molecule has 20 heavy (non-hydrogen) atoms. The molecular weight excluding hydrogens is 331 g/mol. The Morgan fingerprint density at radius 1 is 1.45 bits per heavy atom. The molecule has 0 aliphatic carbocycles. The number of benzene rings is 1. The number of anilines is 1. The lowest BCUT2D eigenvalue weighted by Gasteiger charge is -2.15. The summed E-state index contributed by atoms with van der Waals surface area (Å²) in [6.07, 6.45) is 1.92. The predicted molar refractivity (Wildman–Crippen MR) is 77.2 cm³/mol. The summed E-state index contributed by atoms with van der Waals surface area (Å²) >= 11 is 3.00. The zero-order chi connectivity index (χ0) is 15.1. The third kappa shape index (κ3) is 5.16. The van der Waals surface area contributed by atoms with Crippen LogP contribution in [0.3, 0.4) is 0 Å². The normalized spacial score (nSPS) is 11.8. The first-order valence-electron chi connectivity index (χ1n) is 6.19. The van der Waals surface area contributed by atoms with Gasteiger partial charge in [0, 0.05) is 5.69 Å². The van der Waals surface area contributed by atoms with Gasteiger partial charge in [-0.05, 0) is 40.5 Å². The molecule has 2 amide bonds. The fraction of sp³-hybridized carbons (Fsp3) is 0.385. The van der Waals surface area contributed by atoms with E-state index in [9.17, 15) is 14.0 Å². The summed E-state index contributed by atoms with van der Waals surface area (Å²) in [7, 11) is 0. The Morgan fingerprint density at radius 3 is 2.70 bits per heavy atom. The van der Waals surface area contributed by atoms with Crippen LogP contribution in [0.4, 0.5) is 14.9 Å². The van der Waals surface area contributed by atoms with Crippen molar-refractivity contribution in [3.63, 3.8) is 0 Å². The molecule has 5 nitrogen and oxygen atoms in total. The number of urea groups is 1. The number of halogens is 2. The number of hydrogen-bond donors (Lipinski definition) is 3. The van der Waals surface area contributed by atoms with E-state index in [1.165, 1.54) is 18.2 Å². The van der Waals surface area contributed by atoms with Gasteiger partial charge in [0.05, 0.1) is 4.47 Å². The third-order valence-corrected chi connectivity index (χ3v) is 3.23. The maximum atomic E-state index is 13.0. The largest absolute Gasteiger partial charge is 0.480 e. The first kappa shape index (κ1) is 16.4. The molecule has 110 valence electrons. The average Bonchev–Trinajstić information content (AvgIpc) is 2.38. The summed E-state index contributed by atoms with van der Waals surface area (Å²) in [5.41, 5.74) is 0.371. The zero-order valence-electron chi connectivity index (χ0n) is 11.0. The van der Waals surface area contributed by atoms with Crippen LogP contribution < -0.4 is 10.6 Å². The fourth-order valence-electron chi connectivity index (χ4n) is 1.56. The van der Waals surface area contributed by atoms with E-state index < -0.39 is 23.9 Å². The van der Waals surface area contributed by atoms with E-state index in [1.54, 1.807) is 0 Å². The molecule has 0 aromatic heterocycles. The van der Waals surface area contributed by atoms with Crippen molar-refractivity contribution < 1.29 is 19.1 Å². The minimum absolute atomic E-state index is 0.219. The van der Waals surface area contributed by atoms with E-state index >= 15 is 0 Å². The van der Waals surface area contributed by atoms with Gasteiger partial charge >= 0.3 is 12.0 Å². The average molecular weight is 347 g/mol. The van der Waals surface area contributed by atoms with Crippen LogP contribution in [0, 0.1) is 5.82 Å². The van der Waals surface area contributed by atoms with Crippen molar-refractivity contribution in [3.8, 4) is 0 Å². The summed E-state index contributed by atoms with van der Waals surface area (Å²) in [5, 5.41) is 13.8. The molecule has 1 aromatic carbocycles. The Labute approximate surface area is 124 Å². The van der Waals surface area contributed by atoms with Gasteiger partial charge in [0.2, 0.25) is 0 Å². The van der Waals surface area contributed by atoms with E-state index in [-0.39, 0.29) is 4.47 Å². The molecule has 0 saturated heterocycles. The van der Waals surface area contributed by atoms with E-state index in [1.807, 2.05) is 6.92 Å². The van der Waals surface area contributed by atoms with Crippen molar-refractivity contribution in [2.24, 2.45) is 0 Å². The molecule has 0 saturated carbocycles. The van der Waals surface area contributed by atoms with Crippen LogP contribution in [-0.4, -0.2) is 23.1 Å². The Balaban J connectivity index is 2.60. The summed E-state index contributed by atoms with van der Waals surface area (Å²) in [6.45, 7) is 1.94. The highest BCUT2D eigenvalue weighted by molar-refractivity contribution is 9.10. The van der Waals surface area contributed by atoms with Crippen molar-refractivity contribution in [2.45, 2.75) is 32.2 Å². The highest BCUT2D eigenvalue weighted by Crippen LogP contribution is 2.19. The van der Waals surface area contributed by atoms with Crippen molar-refractivity contribution in [3.05, 3.63) is 28.5 Å². The number of aliphatic carboxylic acids is 1. The monoisotopic (exact) mass is 346 g/mol. The number of unbranched alkanes of at least 4 members (excludes halogenated alkanes) is 1. The van der Waals surface area contributed by atoms with Crippen molar-refractivity contribution in [1.82, 2.24) is 5.32 Å². The smallest absolute Gasteiger partial charge is 0.326 e. The number of rotatable bonds is 6. The molecule has 1 unspecified atom stereocenters. The van der Waals surface area contributed by atoms with E-state index in [0.717, 1.165) is 6.42 Å². The Morgan fingerprint density at radius 2 is 2.15 bits per heavy atom. The van der Waals surface area contributed by atoms with Gasteiger partial charge in [0.1, 0.15) is 11.9 Å². The minimum Gasteiger partial charge on any atom is -0.480 e. The molecule has 0 aliphatic rings. The second kappa shape index (κ2) is 7.84. The highest BCUT2D eigenvalue weighted by atomic mass is 79.9. The van der Waals surface area contributed by atoms with Crippen molar-refractivity contribution >= 4 is 33.6 Å².